The van der Waals surface area contributed by atoms with E-state index in [4.69, 9.17) is 11.6 Å². The molecule has 0 aliphatic carbocycles. The van der Waals surface area contributed by atoms with Crippen LogP contribution in [-0.2, 0) is 19.6 Å². The summed E-state index contributed by atoms with van der Waals surface area (Å²) < 4.78 is 68.7. The number of anilines is 1. The zero-order chi connectivity index (χ0) is 25.9. The van der Waals surface area contributed by atoms with Crippen LogP contribution in [0.3, 0.4) is 0 Å². The molecule has 1 N–H and O–H groups in total. The van der Waals surface area contributed by atoms with E-state index >= 15 is 4.39 Å². The van der Waals surface area contributed by atoms with Crippen molar-refractivity contribution in [2.45, 2.75) is 52.5 Å². The highest BCUT2D eigenvalue weighted by atomic mass is 35.5. The van der Waals surface area contributed by atoms with Crippen LogP contribution in [-0.4, -0.2) is 36.4 Å². The molecule has 0 fully saturated rings. The Hall–Kier alpha value is -3.35. The Balaban J connectivity index is 2.12. The summed E-state index contributed by atoms with van der Waals surface area (Å²) in [6, 6.07) is 2.19. The normalized spacial score (nSPS) is 11.7. The summed E-state index contributed by atoms with van der Waals surface area (Å²) in [5.74, 6) is -3.23. The summed E-state index contributed by atoms with van der Waals surface area (Å²) in [5, 5.41) is 6.07. The van der Waals surface area contributed by atoms with E-state index in [1.54, 1.807) is 13.8 Å². The summed E-state index contributed by atoms with van der Waals surface area (Å²) in [5.41, 5.74) is -1.25. The molecule has 14 heteroatoms. The number of alkyl halides is 4. The van der Waals surface area contributed by atoms with Gasteiger partial charge in [0.15, 0.2) is 22.6 Å². The number of hydrogen-bond acceptors (Lipinski definition) is 5. The van der Waals surface area contributed by atoms with E-state index in [-0.39, 0.29) is 23.2 Å². The van der Waals surface area contributed by atoms with Gasteiger partial charge in [-0.25, -0.2) is 23.5 Å². The molecule has 35 heavy (non-hydrogen) atoms. The van der Waals surface area contributed by atoms with E-state index in [0.717, 1.165) is 4.57 Å². The second-order valence-corrected chi connectivity index (χ2v) is 7.90. The molecule has 3 rings (SSSR count). The SMILES string of the molecule is CCCn1c(CF)nn(-c2nc(CCC(F)(F)F)c(C(=O)Nc3c(C)ccnc3Cl)cc2F)c1=O. The van der Waals surface area contributed by atoms with E-state index in [0.29, 0.717) is 22.7 Å². The van der Waals surface area contributed by atoms with E-state index in [2.05, 4.69) is 20.4 Å². The Morgan fingerprint density at radius 3 is 2.60 bits per heavy atom. The molecule has 0 aliphatic heterocycles. The Bertz CT molecular complexity index is 1280. The molecule has 0 bridgehead atoms. The van der Waals surface area contributed by atoms with Gasteiger partial charge in [-0.3, -0.25) is 9.36 Å². The molecule has 1 amide bonds. The lowest BCUT2D eigenvalue weighted by Gasteiger charge is -2.14. The zero-order valence-electron chi connectivity index (χ0n) is 18.6. The molecule has 0 saturated heterocycles. The highest BCUT2D eigenvalue weighted by Gasteiger charge is 2.30. The quantitative estimate of drug-likeness (QED) is 0.349. The van der Waals surface area contributed by atoms with Crippen molar-refractivity contribution in [3.05, 3.63) is 62.4 Å². The van der Waals surface area contributed by atoms with Gasteiger partial charge < -0.3 is 5.32 Å². The highest BCUT2D eigenvalue weighted by molar-refractivity contribution is 6.32. The van der Waals surface area contributed by atoms with Gasteiger partial charge in [0, 0.05) is 19.2 Å². The Morgan fingerprint density at radius 2 is 2.00 bits per heavy atom. The number of nitrogens with zero attached hydrogens (tertiary/aromatic N) is 5. The zero-order valence-corrected chi connectivity index (χ0v) is 19.3. The number of rotatable bonds is 8. The van der Waals surface area contributed by atoms with Crippen molar-refractivity contribution < 1.29 is 26.7 Å². The predicted octanol–water partition coefficient (Wildman–Crippen LogP) is 4.55. The topological polar surface area (TPSA) is 94.7 Å². The molecule has 0 unspecified atom stereocenters. The van der Waals surface area contributed by atoms with Gasteiger partial charge in [-0.1, -0.05) is 18.5 Å². The standard InChI is InChI=1S/C21H20ClF5N6O2/c1-3-8-32-15(10-23)31-33(20(32)35)18-13(24)9-12(14(29-18)4-6-21(25,26)27)19(34)30-16-11(2)5-7-28-17(16)22/h5,7,9H,3-4,6,8,10H2,1-2H3,(H,30,34). The monoisotopic (exact) mass is 518 g/mol. The minimum Gasteiger partial charge on any atom is -0.319 e. The summed E-state index contributed by atoms with van der Waals surface area (Å²) in [7, 11) is 0. The van der Waals surface area contributed by atoms with Gasteiger partial charge in [0.1, 0.15) is 6.67 Å². The molecule has 3 aromatic heterocycles. The van der Waals surface area contributed by atoms with Crippen molar-refractivity contribution in [3.8, 4) is 5.82 Å². The second-order valence-electron chi connectivity index (χ2n) is 7.55. The first-order valence-corrected chi connectivity index (χ1v) is 10.8. The van der Waals surface area contributed by atoms with E-state index < -0.39 is 60.2 Å². The average Bonchev–Trinajstić information content (AvgIpc) is 3.10. The minimum atomic E-state index is -4.60. The number of hydrogen-bond donors (Lipinski definition) is 1. The Labute approximate surface area is 200 Å². The van der Waals surface area contributed by atoms with Crippen LogP contribution in [0.2, 0.25) is 5.15 Å². The van der Waals surface area contributed by atoms with E-state index in [1.165, 1.54) is 12.3 Å². The maximum atomic E-state index is 15.1. The van der Waals surface area contributed by atoms with Crippen LogP contribution in [0.15, 0.2) is 23.1 Å². The van der Waals surface area contributed by atoms with Crippen molar-refractivity contribution >= 4 is 23.2 Å². The molecule has 0 spiro atoms. The minimum absolute atomic E-state index is 0.0768. The maximum Gasteiger partial charge on any atom is 0.389 e. The lowest BCUT2D eigenvalue weighted by molar-refractivity contribution is -0.134. The molecule has 188 valence electrons. The van der Waals surface area contributed by atoms with Gasteiger partial charge in [-0.05, 0) is 37.5 Å². The lowest BCUT2D eigenvalue weighted by atomic mass is 10.1. The van der Waals surface area contributed by atoms with Gasteiger partial charge in [-0.2, -0.15) is 17.9 Å². The van der Waals surface area contributed by atoms with Crippen LogP contribution in [0.25, 0.3) is 5.82 Å². The first-order valence-electron chi connectivity index (χ1n) is 10.4. The van der Waals surface area contributed by atoms with Crippen LogP contribution in [0.1, 0.15) is 47.2 Å². The van der Waals surface area contributed by atoms with Gasteiger partial charge in [-0.15, -0.1) is 5.10 Å². The third-order valence-corrected chi connectivity index (χ3v) is 5.27. The molecule has 0 saturated carbocycles. The van der Waals surface area contributed by atoms with Crippen molar-refractivity contribution in [1.82, 2.24) is 24.3 Å². The Morgan fingerprint density at radius 1 is 1.29 bits per heavy atom. The van der Waals surface area contributed by atoms with Crippen LogP contribution in [0.5, 0.6) is 0 Å². The largest absolute Gasteiger partial charge is 0.389 e. The average molecular weight is 519 g/mol. The van der Waals surface area contributed by atoms with Crippen LogP contribution < -0.4 is 11.0 Å². The summed E-state index contributed by atoms with van der Waals surface area (Å²) >= 11 is 5.99. The summed E-state index contributed by atoms with van der Waals surface area (Å²) in [6.45, 7) is 2.30. The maximum absolute atomic E-state index is 15.1. The van der Waals surface area contributed by atoms with Crippen LogP contribution >= 0.6 is 11.6 Å². The molecule has 0 radical (unpaired) electrons. The number of aromatic nitrogens is 5. The van der Waals surface area contributed by atoms with Crippen molar-refractivity contribution in [2.24, 2.45) is 0 Å². The molecule has 0 atom stereocenters. The number of carbonyl (C=O) groups is 1. The highest BCUT2D eigenvalue weighted by Crippen LogP contribution is 2.27. The van der Waals surface area contributed by atoms with Gasteiger partial charge in [0.05, 0.1) is 16.9 Å². The fourth-order valence-corrected chi connectivity index (χ4v) is 3.54. The molecule has 0 aliphatic rings. The fraction of sp³-hybridized carbons (Fsp3) is 0.381. The molecular formula is C21H20ClF5N6O2. The second kappa shape index (κ2) is 10.5. The molecule has 3 aromatic rings. The molecule has 8 nitrogen and oxygen atoms in total. The van der Waals surface area contributed by atoms with E-state index in [1.807, 2.05) is 0 Å². The number of carbonyl (C=O) groups excluding carboxylic acids is 1. The predicted molar refractivity (Wildman–Crippen MR) is 117 cm³/mol. The summed E-state index contributed by atoms with van der Waals surface area (Å²) in [6.07, 6.45) is -4.93. The third kappa shape index (κ3) is 5.84. The van der Waals surface area contributed by atoms with Gasteiger partial charge in [0.25, 0.3) is 5.91 Å². The smallest absolute Gasteiger partial charge is 0.319 e. The Kier molecular flexibility index (Phi) is 7.88. The molecule has 0 aromatic carbocycles. The van der Waals surface area contributed by atoms with Crippen molar-refractivity contribution in [2.75, 3.05) is 5.32 Å². The van der Waals surface area contributed by atoms with Gasteiger partial charge in [0.2, 0.25) is 0 Å². The number of amides is 1. The lowest BCUT2D eigenvalue weighted by Crippen LogP contribution is -2.27. The first kappa shape index (κ1) is 26.3. The number of aryl methyl sites for hydroxylation is 2. The summed E-state index contributed by atoms with van der Waals surface area (Å²) in [4.78, 5) is 33.2. The van der Waals surface area contributed by atoms with Crippen LogP contribution in [0, 0.1) is 12.7 Å². The molecular weight excluding hydrogens is 499 g/mol. The number of pyridine rings is 2. The van der Waals surface area contributed by atoms with Crippen LogP contribution in [0.4, 0.5) is 27.6 Å². The van der Waals surface area contributed by atoms with Crippen molar-refractivity contribution in [3.63, 3.8) is 0 Å². The number of nitrogens with one attached hydrogen (secondary N) is 1. The fourth-order valence-electron chi connectivity index (χ4n) is 3.29. The van der Waals surface area contributed by atoms with Crippen molar-refractivity contribution in [1.29, 1.82) is 0 Å². The third-order valence-electron chi connectivity index (χ3n) is 4.98. The van der Waals surface area contributed by atoms with Gasteiger partial charge >= 0.3 is 11.9 Å². The number of halogens is 6. The molecule has 3 heterocycles. The first-order chi connectivity index (χ1) is 16.5. The van der Waals surface area contributed by atoms with E-state index in [9.17, 15) is 27.2 Å².